The molecule has 0 aromatic carbocycles. The molecule has 1 amide bonds. The number of carbonyl (C=O) groups is 1. The van der Waals surface area contributed by atoms with E-state index in [1.807, 2.05) is 13.0 Å². The number of amides is 1. The van der Waals surface area contributed by atoms with Crippen molar-refractivity contribution in [2.75, 3.05) is 13.1 Å². The zero-order valence-electron chi connectivity index (χ0n) is 13.3. The van der Waals surface area contributed by atoms with Crippen molar-refractivity contribution >= 4 is 27.3 Å². The molecule has 1 fully saturated rings. The van der Waals surface area contributed by atoms with Gasteiger partial charge in [-0.1, -0.05) is 13.0 Å². The normalized spacial score (nSPS) is 18.0. The molecule has 1 aliphatic rings. The first kappa shape index (κ1) is 17.1. The van der Waals surface area contributed by atoms with Crippen molar-refractivity contribution in [2.24, 2.45) is 0 Å². The summed E-state index contributed by atoms with van der Waals surface area (Å²) >= 11 is 1.29. The number of aryl methyl sites for hydroxylation is 1. The molecular formula is C16H19N3O3S2. The molecule has 2 aromatic heterocycles. The molecular weight excluding hydrogens is 346 g/mol. The summed E-state index contributed by atoms with van der Waals surface area (Å²) in [7, 11) is -3.53. The summed E-state index contributed by atoms with van der Waals surface area (Å²) in [6.45, 7) is 2.88. The van der Waals surface area contributed by atoms with Crippen LogP contribution in [0.2, 0.25) is 0 Å². The molecule has 3 heterocycles. The molecule has 0 aliphatic carbocycles. The van der Waals surface area contributed by atoms with Crippen LogP contribution in [0.1, 0.15) is 28.7 Å². The van der Waals surface area contributed by atoms with E-state index in [9.17, 15) is 13.2 Å². The number of aromatic nitrogens is 1. The standard InChI is InChI=1S/C16H19N3O3S2/c1-2-13-6-7-15(23-13)24(21,22)18-12-8-10-19(11-12)16(20)14-5-3-4-9-17-14/h3-7,9,12,18H,2,8,10-11H2,1H3. The van der Waals surface area contributed by atoms with Crippen LogP contribution in [0, 0.1) is 0 Å². The van der Waals surface area contributed by atoms with E-state index in [2.05, 4.69) is 9.71 Å². The Morgan fingerprint density at radius 1 is 1.38 bits per heavy atom. The number of sulfonamides is 1. The maximum atomic E-state index is 12.4. The summed E-state index contributed by atoms with van der Waals surface area (Å²) in [4.78, 5) is 19.1. The summed E-state index contributed by atoms with van der Waals surface area (Å²) in [5.74, 6) is -0.165. The number of likely N-dealkylation sites (tertiary alicyclic amines) is 1. The van der Waals surface area contributed by atoms with Crippen LogP contribution in [0.15, 0.2) is 40.7 Å². The van der Waals surface area contributed by atoms with Gasteiger partial charge in [0.1, 0.15) is 9.90 Å². The third-order valence-electron chi connectivity index (χ3n) is 3.93. The number of hydrogen-bond donors (Lipinski definition) is 1. The van der Waals surface area contributed by atoms with Crippen LogP contribution >= 0.6 is 11.3 Å². The Balaban J connectivity index is 1.64. The Kier molecular flexibility index (Phi) is 4.98. The van der Waals surface area contributed by atoms with Gasteiger partial charge in [0.25, 0.3) is 5.91 Å². The molecule has 1 unspecified atom stereocenters. The van der Waals surface area contributed by atoms with Crippen molar-refractivity contribution in [1.29, 1.82) is 0 Å². The highest BCUT2D eigenvalue weighted by Crippen LogP contribution is 2.23. The van der Waals surface area contributed by atoms with Gasteiger partial charge in [-0.15, -0.1) is 11.3 Å². The largest absolute Gasteiger partial charge is 0.336 e. The van der Waals surface area contributed by atoms with Crippen molar-refractivity contribution in [3.8, 4) is 0 Å². The Labute approximate surface area is 145 Å². The predicted octanol–water partition coefficient (Wildman–Crippen LogP) is 1.90. The average molecular weight is 365 g/mol. The molecule has 1 N–H and O–H groups in total. The smallest absolute Gasteiger partial charge is 0.272 e. The minimum absolute atomic E-state index is 0.165. The fraction of sp³-hybridized carbons (Fsp3) is 0.375. The number of pyridine rings is 1. The fourth-order valence-electron chi connectivity index (χ4n) is 2.66. The van der Waals surface area contributed by atoms with Crippen molar-refractivity contribution in [2.45, 2.75) is 30.0 Å². The molecule has 1 aliphatic heterocycles. The lowest BCUT2D eigenvalue weighted by Crippen LogP contribution is -2.38. The maximum Gasteiger partial charge on any atom is 0.272 e. The molecule has 1 saturated heterocycles. The number of rotatable bonds is 5. The van der Waals surface area contributed by atoms with Crippen molar-refractivity contribution in [3.63, 3.8) is 0 Å². The van der Waals surface area contributed by atoms with Gasteiger partial charge in [0.2, 0.25) is 10.0 Å². The van der Waals surface area contributed by atoms with E-state index in [1.165, 1.54) is 11.3 Å². The van der Waals surface area contributed by atoms with Gasteiger partial charge in [-0.05, 0) is 37.1 Å². The Hall–Kier alpha value is -1.77. The zero-order chi connectivity index (χ0) is 17.2. The summed E-state index contributed by atoms with van der Waals surface area (Å²) in [6, 6.07) is 8.39. The van der Waals surface area contributed by atoms with Crippen LogP contribution in [0.25, 0.3) is 0 Å². The van der Waals surface area contributed by atoms with Crippen LogP contribution in [-0.2, 0) is 16.4 Å². The molecule has 0 spiro atoms. The molecule has 3 rings (SSSR count). The van der Waals surface area contributed by atoms with E-state index in [4.69, 9.17) is 0 Å². The SMILES string of the molecule is CCc1ccc(S(=O)(=O)NC2CCN(C(=O)c3ccccn3)C2)s1. The van der Waals surface area contributed by atoms with Gasteiger partial charge in [0.15, 0.2) is 0 Å². The third-order valence-corrected chi connectivity index (χ3v) is 7.17. The van der Waals surface area contributed by atoms with E-state index in [0.717, 1.165) is 11.3 Å². The third kappa shape index (κ3) is 3.66. The molecule has 0 radical (unpaired) electrons. The quantitative estimate of drug-likeness (QED) is 0.878. The van der Waals surface area contributed by atoms with Gasteiger partial charge in [0, 0.05) is 30.2 Å². The van der Waals surface area contributed by atoms with Crippen molar-refractivity contribution in [1.82, 2.24) is 14.6 Å². The van der Waals surface area contributed by atoms with Crippen LogP contribution in [-0.4, -0.2) is 43.3 Å². The Morgan fingerprint density at radius 3 is 2.88 bits per heavy atom. The summed E-state index contributed by atoms with van der Waals surface area (Å²) in [5, 5.41) is 0. The van der Waals surface area contributed by atoms with E-state index in [-0.39, 0.29) is 11.9 Å². The number of nitrogens with zero attached hydrogens (tertiary/aromatic N) is 2. The second-order valence-electron chi connectivity index (χ2n) is 5.65. The first-order valence-corrected chi connectivity index (χ1v) is 10.1. The second kappa shape index (κ2) is 7.00. The van der Waals surface area contributed by atoms with Crippen molar-refractivity contribution in [3.05, 3.63) is 47.1 Å². The van der Waals surface area contributed by atoms with Gasteiger partial charge in [-0.25, -0.2) is 13.1 Å². The first-order chi connectivity index (χ1) is 11.5. The van der Waals surface area contributed by atoms with E-state index in [1.54, 1.807) is 35.4 Å². The highest BCUT2D eigenvalue weighted by atomic mass is 32.2. The van der Waals surface area contributed by atoms with Gasteiger partial charge in [-0.2, -0.15) is 0 Å². The topological polar surface area (TPSA) is 79.4 Å². The lowest BCUT2D eigenvalue weighted by molar-refractivity contribution is 0.0784. The molecule has 0 saturated carbocycles. The van der Waals surface area contributed by atoms with E-state index in [0.29, 0.717) is 29.4 Å². The second-order valence-corrected chi connectivity index (χ2v) is 8.76. The lowest BCUT2D eigenvalue weighted by atomic mass is 10.3. The van der Waals surface area contributed by atoms with Gasteiger partial charge >= 0.3 is 0 Å². The van der Waals surface area contributed by atoms with Crippen LogP contribution in [0.3, 0.4) is 0 Å². The van der Waals surface area contributed by atoms with E-state index >= 15 is 0 Å². The van der Waals surface area contributed by atoms with Gasteiger partial charge in [-0.3, -0.25) is 9.78 Å². The van der Waals surface area contributed by atoms with E-state index < -0.39 is 10.0 Å². The van der Waals surface area contributed by atoms with Gasteiger partial charge in [0.05, 0.1) is 0 Å². The lowest BCUT2D eigenvalue weighted by Gasteiger charge is -2.16. The molecule has 0 bridgehead atoms. The average Bonchev–Trinajstić information content (AvgIpc) is 3.24. The highest BCUT2D eigenvalue weighted by Gasteiger charge is 2.31. The van der Waals surface area contributed by atoms with Crippen LogP contribution in [0.4, 0.5) is 0 Å². The molecule has 128 valence electrons. The minimum Gasteiger partial charge on any atom is -0.336 e. The van der Waals surface area contributed by atoms with Gasteiger partial charge < -0.3 is 4.90 Å². The summed E-state index contributed by atoms with van der Waals surface area (Å²) in [5.41, 5.74) is 0.381. The fourth-order valence-corrected chi connectivity index (χ4v) is 5.24. The Morgan fingerprint density at radius 2 is 2.21 bits per heavy atom. The molecule has 6 nitrogen and oxygen atoms in total. The first-order valence-electron chi connectivity index (χ1n) is 7.81. The maximum absolute atomic E-state index is 12.4. The molecule has 1 atom stereocenters. The number of thiophene rings is 1. The number of carbonyl (C=O) groups excluding carboxylic acids is 1. The molecule has 24 heavy (non-hydrogen) atoms. The molecule has 8 heteroatoms. The zero-order valence-corrected chi connectivity index (χ0v) is 14.9. The summed E-state index contributed by atoms with van der Waals surface area (Å²) < 4.78 is 27.9. The minimum atomic E-state index is -3.53. The Bertz CT molecular complexity index is 818. The highest BCUT2D eigenvalue weighted by molar-refractivity contribution is 7.91. The molecule has 2 aromatic rings. The monoisotopic (exact) mass is 365 g/mol. The number of nitrogens with one attached hydrogen (secondary N) is 1. The van der Waals surface area contributed by atoms with Crippen LogP contribution in [0.5, 0.6) is 0 Å². The summed E-state index contributed by atoms with van der Waals surface area (Å²) in [6.07, 6.45) is 2.99. The van der Waals surface area contributed by atoms with Crippen molar-refractivity contribution < 1.29 is 13.2 Å². The van der Waals surface area contributed by atoms with Crippen LogP contribution < -0.4 is 4.72 Å². The predicted molar refractivity (Wildman–Crippen MR) is 92.6 cm³/mol. The number of hydrogen-bond acceptors (Lipinski definition) is 5.